The lowest BCUT2D eigenvalue weighted by molar-refractivity contribution is 0.149. The van der Waals surface area contributed by atoms with E-state index in [4.69, 9.17) is 12.2 Å². The van der Waals surface area contributed by atoms with Gasteiger partial charge in [-0.3, -0.25) is 0 Å². The van der Waals surface area contributed by atoms with E-state index in [1.807, 2.05) is 30.3 Å². The Morgan fingerprint density at radius 2 is 1.89 bits per heavy atom. The molecule has 98 valence electrons. The molecule has 1 saturated heterocycles. The average molecular weight is 262 g/mol. The molecule has 1 aromatic rings. The molecule has 0 radical (unpaired) electrons. The van der Waals surface area contributed by atoms with E-state index >= 15 is 0 Å². The van der Waals surface area contributed by atoms with Crippen LogP contribution in [0.4, 0.5) is 5.69 Å². The van der Waals surface area contributed by atoms with E-state index in [0.717, 1.165) is 17.3 Å². The van der Waals surface area contributed by atoms with Crippen LogP contribution in [-0.2, 0) is 0 Å². The third kappa shape index (κ3) is 3.02. The molecule has 0 saturated carbocycles. The van der Waals surface area contributed by atoms with Crippen molar-refractivity contribution in [3.8, 4) is 0 Å². The van der Waals surface area contributed by atoms with Crippen LogP contribution in [0.15, 0.2) is 30.3 Å². The summed E-state index contributed by atoms with van der Waals surface area (Å²) in [5, 5.41) is 4.19. The van der Waals surface area contributed by atoms with Gasteiger partial charge in [-0.15, -0.1) is 0 Å². The highest BCUT2D eigenvalue weighted by Gasteiger charge is 2.30. The number of piperidine rings is 1. The molecule has 1 aromatic carbocycles. The summed E-state index contributed by atoms with van der Waals surface area (Å²) in [6, 6.07) is 10.7. The molecule has 1 heterocycles. The zero-order valence-electron chi connectivity index (χ0n) is 11.4. The Morgan fingerprint density at radius 3 is 2.56 bits per heavy atom. The molecule has 0 spiro atoms. The number of benzene rings is 1. The van der Waals surface area contributed by atoms with Gasteiger partial charge in [0.05, 0.1) is 0 Å². The highest BCUT2D eigenvalue weighted by atomic mass is 32.1. The second kappa shape index (κ2) is 5.70. The van der Waals surface area contributed by atoms with Crippen molar-refractivity contribution >= 4 is 23.0 Å². The number of rotatable bonds is 1. The number of anilines is 1. The molecule has 3 unspecified atom stereocenters. The van der Waals surface area contributed by atoms with Gasteiger partial charge in [0.15, 0.2) is 5.11 Å². The highest BCUT2D eigenvalue weighted by Crippen LogP contribution is 2.27. The molecule has 3 heteroatoms. The maximum absolute atomic E-state index is 5.55. The van der Waals surface area contributed by atoms with Gasteiger partial charge >= 0.3 is 0 Å². The Bertz CT molecular complexity index is 404. The topological polar surface area (TPSA) is 15.3 Å². The first-order valence-electron chi connectivity index (χ1n) is 6.70. The molecule has 1 N–H and O–H groups in total. The fraction of sp³-hybridized carbons (Fsp3) is 0.533. The van der Waals surface area contributed by atoms with Gasteiger partial charge in [-0.1, -0.05) is 32.0 Å². The van der Waals surface area contributed by atoms with Crippen LogP contribution in [0.2, 0.25) is 0 Å². The summed E-state index contributed by atoms with van der Waals surface area (Å²) in [7, 11) is 0. The summed E-state index contributed by atoms with van der Waals surface area (Å²) in [6.07, 6.45) is 1.30. The highest BCUT2D eigenvalue weighted by molar-refractivity contribution is 7.80. The predicted octanol–water partition coefficient (Wildman–Crippen LogP) is 3.75. The van der Waals surface area contributed by atoms with Gasteiger partial charge < -0.3 is 10.2 Å². The zero-order valence-corrected chi connectivity index (χ0v) is 12.2. The van der Waals surface area contributed by atoms with Crippen LogP contribution < -0.4 is 5.32 Å². The molecule has 3 atom stereocenters. The van der Waals surface area contributed by atoms with E-state index in [2.05, 4.69) is 31.0 Å². The van der Waals surface area contributed by atoms with Gasteiger partial charge in [-0.05, 0) is 49.5 Å². The summed E-state index contributed by atoms with van der Waals surface area (Å²) in [4.78, 5) is 2.33. The number of thiocarbonyl (C=S) groups is 1. The number of hydrogen-bond donors (Lipinski definition) is 1. The standard InChI is InChI=1S/C15H22N2S/c1-11-9-12(2)13(3)17(10-11)15(18)16-14-7-5-4-6-8-14/h4-8,11-13H,9-10H2,1-3H3,(H,16,18). The molecule has 0 bridgehead atoms. The molecule has 0 amide bonds. The van der Waals surface area contributed by atoms with Gasteiger partial charge in [-0.2, -0.15) is 0 Å². The van der Waals surface area contributed by atoms with Crippen LogP contribution in [-0.4, -0.2) is 22.6 Å². The molecule has 2 nitrogen and oxygen atoms in total. The first kappa shape index (κ1) is 13.3. The maximum atomic E-state index is 5.55. The largest absolute Gasteiger partial charge is 0.346 e. The van der Waals surface area contributed by atoms with Crippen LogP contribution >= 0.6 is 12.2 Å². The lowest BCUT2D eigenvalue weighted by atomic mass is 9.86. The van der Waals surface area contributed by atoms with Crippen LogP contribution in [0.5, 0.6) is 0 Å². The van der Waals surface area contributed by atoms with Crippen molar-refractivity contribution in [3.05, 3.63) is 30.3 Å². The molecule has 1 fully saturated rings. The number of nitrogens with one attached hydrogen (secondary N) is 1. The third-order valence-electron chi connectivity index (χ3n) is 3.88. The first-order valence-corrected chi connectivity index (χ1v) is 7.11. The van der Waals surface area contributed by atoms with Crippen LogP contribution in [0.25, 0.3) is 0 Å². The second-order valence-electron chi connectivity index (χ2n) is 5.51. The zero-order chi connectivity index (χ0) is 13.1. The summed E-state index contributed by atoms with van der Waals surface area (Å²) < 4.78 is 0. The summed E-state index contributed by atoms with van der Waals surface area (Å²) in [5.41, 5.74) is 1.07. The molecule has 1 aliphatic heterocycles. The predicted molar refractivity (Wildman–Crippen MR) is 81.8 cm³/mol. The Labute approximate surface area is 115 Å². The SMILES string of the molecule is CC1CC(C)C(C)N(C(=S)Nc2ccccc2)C1. The van der Waals surface area contributed by atoms with E-state index in [1.54, 1.807) is 0 Å². The number of likely N-dealkylation sites (tertiary alicyclic amines) is 1. The Balaban J connectivity index is 2.04. The average Bonchev–Trinajstić information content (AvgIpc) is 2.35. The quantitative estimate of drug-likeness (QED) is 0.776. The second-order valence-corrected chi connectivity index (χ2v) is 5.89. The summed E-state index contributed by atoms with van der Waals surface area (Å²) in [5.74, 6) is 1.41. The van der Waals surface area contributed by atoms with Gasteiger partial charge in [-0.25, -0.2) is 0 Å². The smallest absolute Gasteiger partial charge is 0.173 e. The van der Waals surface area contributed by atoms with Crippen molar-refractivity contribution < 1.29 is 0 Å². The Kier molecular flexibility index (Phi) is 4.23. The van der Waals surface area contributed by atoms with Crippen molar-refractivity contribution in [3.63, 3.8) is 0 Å². The molecule has 0 aliphatic carbocycles. The number of hydrogen-bond acceptors (Lipinski definition) is 1. The van der Waals surface area contributed by atoms with E-state index in [9.17, 15) is 0 Å². The minimum atomic E-state index is 0.518. The Morgan fingerprint density at radius 1 is 1.22 bits per heavy atom. The number of para-hydroxylation sites is 1. The van der Waals surface area contributed by atoms with Crippen molar-refractivity contribution in [2.45, 2.75) is 33.2 Å². The molecule has 2 rings (SSSR count). The van der Waals surface area contributed by atoms with E-state index in [-0.39, 0.29) is 0 Å². The van der Waals surface area contributed by atoms with E-state index < -0.39 is 0 Å². The Hall–Kier alpha value is -1.09. The molecule has 1 aliphatic rings. The lowest BCUT2D eigenvalue weighted by Gasteiger charge is -2.42. The minimum absolute atomic E-state index is 0.518. The van der Waals surface area contributed by atoms with Crippen molar-refractivity contribution in [2.75, 3.05) is 11.9 Å². The van der Waals surface area contributed by atoms with E-state index in [1.165, 1.54) is 6.42 Å². The van der Waals surface area contributed by atoms with Gasteiger partial charge in [0.1, 0.15) is 0 Å². The molecule has 18 heavy (non-hydrogen) atoms. The summed E-state index contributed by atoms with van der Waals surface area (Å²) >= 11 is 5.55. The molecular weight excluding hydrogens is 240 g/mol. The van der Waals surface area contributed by atoms with Crippen LogP contribution in [0.3, 0.4) is 0 Å². The van der Waals surface area contributed by atoms with Crippen molar-refractivity contribution in [2.24, 2.45) is 11.8 Å². The third-order valence-corrected chi connectivity index (χ3v) is 4.22. The van der Waals surface area contributed by atoms with Crippen LogP contribution in [0, 0.1) is 11.8 Å². The number of nitrogens with zero attached hydrogens (tertiary/aromatic N) is 1. The van der Waals surface area contributed by atoms with Gasteiger partial charge in [0.2, 0.25) is 0 Å². The van der Waals surface area contributed by atoms with Gasteiger partial charge in [0.25, 0.3) is 0 Å². The maximum Gasteiger partial charge on any atom is 0.173 e. The first-order chi connectivity index (χ1) is 8.58. The van der Waals surface area contributed by atoms with Crippen molar-refractivity contribution in [1.29, 1.82) is 0 Å². The van der Waals surface area contributed by atoms with E-state index in [0.29, 0.717) is 17.9 Å². The molecular formula is C15H22N2S. The molecule has 0 aromatic heterocycles. The van der Waals surface area contributed by atoms with Gasteiger partial charge in [0, 0.05) is 18.3 Å². The lowest BCUT2D eigenvalue weighted by Crippen LogP contribution is -2.50. The van der Waals surface area contributed by atoms with Crippen molar-refractivity contribution in [1.82, 2.24) is 4.90 Å². The van der Waals surface area contributed by atoms with Crippen LogP contribution in [0.1, 0.15) is 27.2 Å². The normalized spacial score (nSPS) is 27.9. The fourth-order valence-corrected chi connectivity index (χ4v) is 3.06. The summed E-state index contributed by atoms with van der Waals surface area (Å²) in [6.45, 7) is 7.96. The monoisotopic (exact) mass is 262 g/mol. The fourth-order valence-electron chi connectivity index (χ4n) is 2.70. The minimum Gasteiger partial charge on any atom is -0.346 e.